The van der Waals surface area contributed by atoms with E-state index in [1.807, 2.05) is 30.3 Å². The second kappa shape index (κ2) is 8.28. The molecule has 1 unspecified atom stereocenters. The lowest BCUT2D eigenvalue weighted by molar-refractivity contribution is -0.991. The zero-order valence-electron chi connectivity index (χ0n) is 14.6. The molecule has 0 aliphatic carbocycles. The van der Waals surface area contributed by atoms with E-state index in [0.29, 0.717) is 21.9 Å². The minimum absolute atomic E-state index is 0.133. The lowest BCUT2D eigenvalue weighted by atomic mass is 9.95. The maximum Gasteiger partial charge on any atom is 0.338 e. The Morgan fingerprint density at radius 3 is 2.70 bits per heavy atom. The molecule has 2 atom stereocenters. The third-order valence-electron chi connectivity index (χ3n) is 4.17. The van der Waals surface area contributed by atoms with Crippen molar-refractivity contribution in [3.05, 3.63) is 82.2 Å². The van der Waals surface area contributed by atoms with E-state index in [4.69, 9.17) is 17.0 Å². The van der Waals surface area contributed by atoms with Crippen LogP contribution in [0.2, 0.25) is 0 Å². The van der Waals surface area contributed by atoms with Gasteiger partial charge in [-0.2, -0.15) is 5.23 Å². The number of rotatable bonds is 5. The van der Waals surface area contributed by atoms with Gasteiger partial charge in [-0.1, -0.05) is 42.5 Å². The maximum absolute atomic E-state index is 12.8. The molecule has 2 aromatic carbocycles. The summed E-state index contributed by atoms with van der Waals surface area (Å²) in [6.07, 6.45) is 0. The Labute approximate surface area is 161 Å². The van der Waals surface area contributed by atoms with Crippen molar-refractivity contribution >= 4 is 29.0 Å². The first kappa shape index (κ1) is 19.0. The maximum atomic E-state index is 12.8. The van der Waals surface area contributed by atoms with Crippen LogP contribution in [-0.4, -0.2) is 16.3 Å². The number of hydrogen-bond donors (Lipinski definition) is 4. The Hall–Kier alpha value is -2.78. The van der Waals surface area contributed by atoms with Gasteiger partial charge in [0.1, 0.15) is 6.61 Å². The highest BCUT2D eigenvalue weighted by molar-refractivity contribution is 7.80. The second-order valence-electron chi connectivity index (χ2n) is 6.06. The van der Waals surface area contributed by atoms with Crippen LogP contribution in [0, 0.1) is 5.21 Å². The van der Waals surface area contributed by atoms with Crippen LogP contribution in [0.4, 0.5) is 5.69 Å². The van der Waals surface area contributed by atoms with Crippen molar-refractivity contribution in [2.24, 2.45) is 0 Å². The van der Waals surface area contributed by atoms with Crippen LogP contribution >= 0.6 is 12.2 Å². The molecular formula is C19H19N3O4S. The minimum Gasteiger partial charge on any atom is -0.595 e. The summed E-state index contributed by atoms with van der Waals surface area (Å²) in [6, 6.07) is 15.2. The van der Waals surface area contributed by atoms with Crippen molar-refractivity contribution in [1.29, 1.82) is 0 Å². The van der Waals surface area contributed by atoms with Crippen LogP contribution in [0.15, 0.2) is 65.9 Å². The highest BCUT2D eigenvalue weighted by atomic mass is 32.1. The molecule has 8 heteroatoms. The van der Waals surface area contributed by atoms with Crippen molar-refractivity contribution in [3.63, 3.8) is 0 Å². The number of allylic oxidation sites excluding steroid dienone is 1. The molecule has 1 heterocycles. The minimum atomic E-state index is -1.04. The van der Waals surface area contributed by atoms with Gasteiger partial charge in [0, 0.05) is 17.8 Å². The molecule has 0 spiro atoms. The van der Waals surface area contributed by atoms with Gasteiger partial charge in [-0.05, 0) is 30.3 Å². The Balaban J connectivity index is 1.87. The van der Waals surface area contributed by atoms with Gasteiger partial charge in [0.25, 0.3) is 0 Å². The molecule has 27 heavy (non-hydrogen) atoms. The number of thiocarbonyl (C=S) groups is 1. The summed E-state index contributed by atoms with van der Waals surface area (Å²) in [5.74, 6) is -0.496. The molecule has 2 aromatic rings. The van der Waals surface area contributed by atoms with Crippen LogP contribution in [0.3, 0.4) is 0 Å². The lowest BCUT2D eigenvalue weighted by Gasteiger charge is -2.30. The fourth-order valence-corrected chi connectivity index (χ4v) is 3.14. The van der Waals surface area contributed by atoms with E-state index in [1.165, 1.54) is 12.1 Å². The first-order valence-electron chi connectivity index (χ1n) is 8.28. The molecule has 0 amide bonds. The molecule has 0 saturated heterocycles. The molecule has 0 aromatic heterocycles. The number of ether oxygens (including phenoxy) is 1. The van der Waals surface area contributed by atoms with E-state index in [0.717, 1.165) is 5.56 Å². The average molecular weight is 385 g/mol. The van der Waals surface area contributed by atoms with Crippen molar-refractivity contribution in [3.8, 4) is 0 Å². The molecule has 0 fully saturated rings. The number of carbonyl (C=O) groups is 1. The Morgan fingerprint density at radius 2 is 2.00 bits per heavy atom. The Bertz CT molecular complexity index is 884. The van der Waals surface area contributed by atoms with Gasteiger partial charge in [0.05, 0.1) is 11.6 Å². The standard InChI is InChI=1S/C19H19N3O4S/c1-12-16(18(23)26-11-13-6-3-2-4-7-13)17(21-19(27)20-12)14-8-5-9-15(10-14)22(24)25/h2-10,17,22,24H,11H2,1H3,(H2,20,21,27)/t17-/m1/s1. The lowest BCUT2D eigenvalue weighted by Crippen LogP contribution is -2.99. The van der Waals surface area contributed by atoms with Crippen LogP contribution in [-0.2, 0) is 16.1 Å². The number of benzene rings is 2. The number of nitrogens with one attached hydrogen (secondary N) is 3. The van der Waals surface area contributed by atoms with Crippen LogP contribution in [0.5, 0.6) is 0 Å². The Kier molecular flexibility index (Phi) is 5.82. The predicted octanol–water partition coefficient (Wildman–Crippen LogP) is 1.63. The molecule has 4 N–H and O–H groups in total. The zero-order valence-corrected chi connectivity index (χ0v) is 15.4. The van der Waals surface area contributed by atoms with Crippen molar-refractivity contribution in [2.45, 2.75) is 19.6 Å². The molecule has 0 saturated carbocycles. The first-order chi connectivity index (χ1) is 13.0. The van der Waals surface area contributed by atoms with E-state index in [-0.39, 0.29) is 12.3 Å². The summed E-state index contributed by atoms with van der Waals surface area (Å²) < 4.78 is 5.47. The summed E-state index contributed by atoms with van der Waals surface area (Å²) in [5.41, 5.74) is 2.56. The second-order valence-corrected chi connectivity index (χ2v) is 6.47. The van der Waals surface area contributed by atoms with E-state index in [1.54, 1.807) is 19.1 Å². The van der Waals surface area contributed by atoms with Gasteiger partial charge < -0.3 is 20.6 Å². The van der Waals surface area contributed by atoms with E-state index < -0.39 is 17.2 Å². The Morgan fingerprint density at radius 1 is 1.26 bits per heavy atom. The number of carbonyl (C=O) groups excluding carboxylic acids is 1. The highest BCUT2D eigenvalue weighted by Gasteiger charge is 2.31. The number of hydrogen-bond acceptors (Lipinski definition) is 5. The molecule has 7 nitrogen and oxygen atoms in total. The summed E-state index contributed by atoms with van der Waals surface area (Å²) >= 11 is 5.20. The summed E-state index contributed by atoms with van der Waals surface area (Å²) in [6.45, 7) is 1.88. The normalized spacial score (nSPS) is 17.7. The van der Waals surface area contributed by atoms with Crippen LogP contribution in [0.25, 0.3) is 0 Å². The summed E-state index contributed by atoms with van der Waals surface area (Å²) in [5, 5.41) is 25.8. The van der Waals surface area contributed by atoms with Crippen LogP contribution in [0.1, 0.15) is 24.1 Å². The first-order valence-corrected chi connectivity index (χ1v) is 8.69. The van der Waals surface area contributed by atoms with E-state index in [9.17, 15) is 15.2 Å². The number of quaternary nitrogens is 1. The smallest absolute Gasteiger partial charge is 0.338 e. The van der Waals surface area contributed by atoms with Crippen molar-refractivity contribution in [1.82, 2.24) is 10.6 Å². The van der Waals surface area contributed by atoms with Crippen LogP contribution < -0.4 is 15.9 Å². The third-order valence-corrected chi connectivity index (χ3v) is 4.39. The highest BCUT2D eigenvalue weighted by Crippen LogP contribution is 2.28. The van der Waals surface area contributed by atoms with Gasteiger partial charge >= 0.3 is 5.97 Å². The molecule has 3 rings (SSSR count). The quantitative estimate of drug-likeness (QED) is 0.353. The van der Waals surface area contributed by atoms with Gasteiger partial charge in [0.2, 0.25) is 0 Å². The van der Waals surface area contributed by atoms with E-state index >= 15 is 0 Å². The van der Waals surface area contributed by atoms with Crippen molar-refractivity contribution in [2.75, 3.05) is 0 Å². The summed E-state index contributed by atoms with van der Waals surface area (Å²) in [7, 11) is 0. The molecule has 1 aliphatic rings. The largest absolute Gasteiger partial charge is 0.595 e. The summed E-state index contributed by atoms with van der Waals surface area (Å²) in [4.78, 5) is 12.8. The van der Waals surface area contributed by atoms with Gasteiger partial charge in [-0.15, -0.1) is 0 Å². The molecular weight excluding hydrogens is 366 g/mol. The van der Waals surface area contributed by atoms with Gasteiger partial charge in [-0.25, -0.2) is 10.0 Å². The zero-order chi connectivity index (χ0) is 19.4. The fourth-order valence-electron chi connectivity index (χ4n) is 2.87. The topological polar surface area (TPSA) is 98.1 Å². The fraction of sp³-hybridized carbons (Fsp3) is 0.158. The monoisotopic (exact) mass is 385 g/mol. The number of esters is 1. The van der Waals surface area contributed by atoms with Gasteiger partial charge in [0.15, 0.2) is 10.8 Å². The van der Waals surface area contributed by atoms with E-state index in [2.05, 4.69) is 10.6 Å². The molecule has 0 radical (unpaired) electrons. The predicted molar refractivity (Wildman–Crippen MR) is 103 cm³/mol. The average Bonchev–Trinajstić information content (AvgIpc) is 2.66. The molecule has 0 bridgehead atoms. The third kappa shape index (κ3) is 4.50. The molecule has 140 valence electrons. The molecule has 1 aliphatic heterocycles. The van der Waals surface area contributed by atoms with Crippen molar-refractivity contribution < 1.29 is 20.0 Å². The SMILES string of the molecule is CC1=C(C(=O)OCc2ccccc2)[C@@H](c2cccc([NH+]([O-])O)c2)NC(=S)N1. The van der Waals surface area contributed by atoms with Gasteiger partial charge in [-0.3, -0.25) is 0 Å².